The molecule has 0 saturated carbocycles. The molecule has 0 aliphatic rings. The molecule has 0 fully saturated rings. The van der Waals surface area contributed by atoms with Gasteiger partial charge in [-0.1, -0.05) is 0 Å². The van der Waals surface area contributed by atoms with Gasteiger partial charge >= 0.3 is 15.6 Å². The summed E-state index contributed by atoms with van der Waals surface area (Å²) in [6.07, 6.45) is -1.12. The summed E-state index contributed by atoms with van der Waals surface area (Å²) in [5.74, 6) is 0. The normalized spacial score (nSPS) is 14.4. The van der Waals surface area contributed by atoms with Gasteiger partial charge in [-0.3, -0.25) is 9.05 Å². The Morgan fingerprint density at radius 2 is 1.45 bits per heavy atom. The molecule has 0 spiro atoms. The minimum atomic E-state index is -4.63. The zero-order chi connectivity index (χ0) is 15.6. The highest BCUT2D eigenvalue weighted by Gasteiger charge is 2.16. The minimum absolute atomic E-state index is 0.0189. The topological polar surface area (TPSA) is 172 Å². The van der Waals surface area contributed by atoms with Crippen LogP contribution in [0.5, 0.6) is 0 Å². The van der Waals surface area contributed by atoms with Gasteiger partial charge in [0.15, 0.2) is 6.29 Å². The van der Waals surface area contributed by atoms with Crippen molar-refractivity contribution in [3.8, 4) is 0 Å². The lowest BCUT2D eigenvalue weighted by atomic mass is 10.5. The Kier molecular flexibility index (Phi) is 9.98. The van der Waals surface area contributed by atoms with E-state index >= 15 is 0 Å². The van der Waals surface area contributed by atoms with E-state index in [1.54, 1.807) is 0 Å². The summed E-state index contributed by atoms with van der Waals surface area (Å²) >= 11 is 0. The van der Waals surface area contributed by atoms with Crippen LogP contribution in [0.3, 0.4) is 0 Å². The molecule has 1 unspecified atom stereocenters. The molecule has 0 aromatic heterocycles. The van der Waals surface area contributed by atoms with Crippen molar-refractivity contribution in [1.82, 2.24) is 0 Å². The van der Waals surface area contributed by atoms with Crippen LogP contribution in [-0.2, 0) is 27.7 Å². The molecule has 0 saturated heterocycles. The van der Waals surface area contributed by atoms with Crippen LogP contribution >= 0.6 is 15.6 Å². The fourth-order valence-corrected chi connectivity index (χ4v) is 1.54. The van der Waals surface area contributed by atoms with Crippen LogP contribution in [0.2, 0.25) is 0 Å². The number of aliphatic hydroxyl groups excluding tert-OH is 1. The Labute approximate surface area is 114 Å². The first kappa shape index (κ1) is 20.1. The van der Waals surface area contributed by atoms with Crippen molar-refractivity contribution in [3.63, 3.8) is 0 Å². The van der Waals surface area contributed by atoms with Crippen molar-refractivity contribution in [3.05, 3.63) is 0 Å². The van der Waals surface area contributed by atoms with Crippen molar-refractivity contribution in [2.24, 2.45) is 0 Å². The molecule has 0 rings (SSSR count). The highest BCUT2D eigenvalue weighted by Crippen LogP contribution is 2.36. The van der Waals surface area contributed by atoms with Crippen molar-refractivity contribution in [2.75, 3.05) is 33.0 Å². The van der Waals surface area contributed by atoms with E-state index in [4.69, 9.17) is 34.2 Å². The predicted octanol–water partition coefficient (Wildman–Crippen LogP) is -1.05. The van der Waals surface area contributed by atoms with E-state index in [1.807, 2.05) is 0 Å². The summed E-state index contributed by atoms with van der Waals surface area (Å²) in [7, 11) is -9.11. The van der Waals surface area contributed by atoms with E-state index in [0.29, 0.717) is 6.42 Å². The van der Waals surface area contributed by atoms with E-state index in [9.17, 15) is 9.13 Å². The number of phosphoric ester groups is 2. The maximum atomic E-state index is 10.3. The lowest BCUT2D eigenvalue weighted by Crippen LogP contribution is -2.19. The summed E-state index contributed by atoms with van der Waals surface area (Å²) in [6, 6.07) is 0. The lowest BCUT2D eigenvalue weighted by molar-refractivity contribution is -0.125. The number of hydrogen-bond donors (Lipinski definition) is 5. The Balaban J connectivity index is 3.36. The maximum absolute atomic E-state index is 10.3. The SMILES string of the molecule is O=P(O)(O)OCCOCCCOC(O)COP(=O)(O)O. The second kappa shape index (κ2) is 9.93. The summed E-state index contributed by atoms with van der Waals surface area (Å²) in [5, 5.41) is 9.10. The number of aliphatic hydroxyl groups is 1. The molecule has 0 aliphatic carbocycles. The summed E-state index contributed by atoms with van der Waals surface area (Å²) in [6.45, 7) is -0.707. The second-order valence-corrected chi connectivity index (χ2v) is 5.88. The molecule has 20 heavy (non-hydrogen) atoms. The van der Waals surface area contributed by atoms with Gasteiger partial charge in [0.2, 0.25) is 0 Å². The molecule has 0 aromatic carbocycles. The third-order valence-corrected chi connectivity index (χ3v) is 2.62. The summed E-state index contributed by atoms with van der Waals surface area (Å²) < 4.78 is 38.4. The Hall–Kier alpha value is 0.1000. The van der Waals surface area contributed by atoms with Crippen LogP contribution < -0.4 is 0 Å². The number of rotatable bonds is 12. The molecular formula is C7H18O11P2. The van der Waals surface area contributed by atoms with Crippen molar-refractivity contribution >= 4 is 15.6 Å². The van der Waals surface area contributed by atoms with Crippen LogP contribution in [0.15, 0.2) is 0 Å². The first-order chi connectivity index (χ1) is 9.10. The molecule has 0 heterocycles. The monoisotopic (exact) mass is 340 g/mol. The van der Waals surface area contributed by atoms with Crippen molar-refractivity contribution < 1.29 is 52.3 Å². The molecule has 0 aromatic rings. The third-order valence-electron chi connectivity index (χ3n) is 1.62. The minimum Gasteiger partial charge on any atom is -0.379 e. The smallest absolute Gasteiger partial charge is 0.379 e. The van der Waals surface area contributed by atoms with Crippen LogP contribution in [0, 0.1) is 0 Å². The first-order valence-corrected chi connectivity index (χ1v) is 8.44. The van der Waals surface area contributed by atoms with E-state index < -0.39 is 28.5 Å². The van der Waals surface area contributed by atoms with Crippen molar-refractivity contribution in [2.45, 2.75) is 12.7 Å². The molecule has 0 aliphatic heterocycles. The second-order valence-electron chi connectivity index (χ2n) is 3.40. The molecular weight excluding hydrogens is 322 g/mol. The summed E-state index contributed by atoms with van der Waals surface area (Å²) in [4.78, 5) is 33.4. The Morgan fingerprint density at radius 3 is 2.00 bits per heavy atom. The molecule has 122 valence electrons. The molecule has 11 nitrogen and oxygen atoms in total. The van der Waals surface area contributed by atoms with Gasteiger partial charge in [0.25, 0.3) is 0 Å². The van der Waals surface area contributed by atoms with E-state index in [1.165, 1.54) is 0 Å². The highest BCUT2D eigenvalue weighted by atomic mass is 31.2. The highest BCUT2D eigenvalue weighted by molar-refractivity contribution is 7.46. The van der Waals surface area contributed by atoms with Crippen LogP contribution in [0.1, 0.15) is 6.42 Å². The van der Waals surface area contributed by atoms with Crippen LogP contribution in [0.4, 0.5) is 0 Å². The van der Waals surface area contributed by atoms with Crippen molar-refractivity contribution in [1.29, 1.82) is 0 Å². The maximum Gasteiger partial charge on any atom is 0.469 e. The third kappa shape index (κ3) is 16.2. The van der Waals surface area contributed by atoms with Gasteiger partial charge in [-0.15, -0.1) is 0 Å². The molecule has 5 N–H and O–H groups in total. The Morgan fingerprint density at radius 1 is 0.850 bits per heavy atom. The van der Waals surface area contributed by atoms with Crippen LogP contribution in [0.25, 0.3) is 0 Å². The fraction of sp³-hybridized carbons (Fsp3) is 1.00. The number of phosphoric acid groups is 2. The number of hydrogen-bond acceptors (Lipinski definition) is 7. The van der Waals surface area contributed by atoms with Gasteiger partial charge < -0.3 is 34.2 Å². The zero-order valence-electron chi connectivity index (χ0n) is 10.4. The average Bonchev–Trinajstić information content (AvgIpc) is 2.27. The number of ether oxygens (including phenoxy) is 2. The Bertz CT molecular complexity index is 336. The summed E-state index contributed by atoms with van der Waals surface area (Å²) in [5.41, 5.74) is 0. The molecule has 0 amide bonds. The zero-order valence-corrected chi connectivity index (χ0v) is 12.2. The van der Waals surface area contributed by atoms with E-state index in [2.05, 4.69) is 9.05 Å². The predicted molar refractivity (Wildman–Crippen MR) is 63.4 cm³/mol. The van der Waals surface area contributed by atoms with Gasteiger partial charge in [0.1, 0.15) is 6.61 Å². The molecule has 13 heteroatoms. The largest absolute Gasteiger partial charge is 0.469 e. The van der Waals surface area contributed by atoms with Gasteiger partial charge in [-0.25, -0.2) is 9.13 Å². The van der Waals surface area contributed by atoms with E-state index in [0.717, 1.165) is 0 Å². The molecule has 0 radical (unpaired) electrons. The standard InChI is InChI=1S/C7H18O11P2/c8-7(6-18-20(12,13)14)16-3-1-2-15-4-5-17-19(9,10)11/h7-8H,1-6H2,(H2,9,10,11)(H2,12,13,14). The van der Waals surface area contributed by atoms with Gasteiger partial charge in [0, 0.05) is 6.61 Å². The fourth-order valence-electron chi connectivity index (χ4n) is 0.907. The quantitative estimate of drug-likeness (QED) is 0.167. The van der Waals surface area contributed by atoms with E-state index in [-0.39, 0.29) is 26.4 Å². The van der Waals surface area contributed by atoms with Crippen LogP contribution in [-0.4, -0.2) is 64.0 Å². The first-order valence-electron chi connectivity index (χ1n) is 5.38. The van der Waals surface area contributed by atoms with Gasteiger partial charge in [-0.05, 0) is 6.42 Å². The van der Waals surface area contributed by atoms with Gasteiger partial charge in [0.05, 0.1) is 19.8 Å². The van der Waals surface area contributed by atoms with Gasteiger partial charge in [-0.2, -0.15) is 0 Å². The molecule has 1 atom stereocenters. The lowest BCUT2D eigenvalue weighted by Gasteiger charge is -2.12. The average molecular weight is 340 g/mol. The molecule has 0 bridgehead atoms.